The molecule has 22 heavy (non-hydrogen) atoms. The maximum Gasteiger partial charge on any atom is 0.238 e. The van der Waals surface area contributed by atoms with Gasteiger partial charge in [-0.1, -0.05) is 11.6 Å². The molecule has 1 aromatic rings. The van der Waals surface area contributed by atoms with Crippen LogP contribution in [0.1, 0.15) is 18.4 Å². The number of amides is 1. The molecule has 1 saturated carbocycles. The average Bonchev–Trinajstić information content (AvgIpc) is 2.95. The predicted molar refractivity (Wildman–Crippen MR) is 92.7 cm³/mol. The summed E-state index contributed by atoms with van der Waals surface area (Å²) in [6.07, 6.45) is 2.35. The van der Waals surface area contributed by atoms with E-state index < -0.39 is 0 Å². The van der Waals surface area contributed by atoms with Gasteiger partial charge in [-0.25, -0.2) is 0 Å². The number of hydrogen-bond acceptors (Lipinski definition) is 3. The van der Waals surface area contributed by atoms with Crippen molar-refractivity contribution in [2.24, 2.45) is 17.6 Å². The first-order valence-corrected chi connectivity index (χ1v) is 7.94. The van der Waals surface area contributed by atoms with Crippen molar-refractivity contribution < 1.29 is 4.79 Å². The summed E-state index contributed by atoms with van der Waals surface area (Å²) < 4.78 is 0. The minimum atomic E-state index is 0. The summed E-state index contributed by atoms with van der Waals surface area (Å²) in [6.45, 7) is 4.35. The summed E-state index contributed by atoms with van der Waals surface area (Å²) in [5.74, 6) is 1.30. The summed E-state index contributed by atoms with van der Waals surface area (Å²) in [5, 5.41) is 3.66. The number of halogens is 2. The van der Waals surface area contributed by atoms with Gasteiger partial charge in [-0.15, -0.1) is 12.4 Å². The van der Waals surface area contributed by atoms with Crippen molar-refractivity contribution in [1.29, 1.82) is 0 Å². The molecule has 1 amide bonds. The van der Waals surface area contributed by atoms with E-state index in [4.69, 9.17) is 17.3 Å². The van der Waals surface area contributed by atoms with Gasteiger partial charge in [-0.2, -0.15) is 0 Å². The maximum absolute atomic E-state index is 12.2. The molecule has 0 radical (unpaired) electrons. The molecule has 3 atom stereocenters. The first kappa shape index (κ1) is 17.5. The van der Waals surface area contributed by atoms with Gasteiger partial charge < -0.3 is 11.1 Å². The zero-order valence-electron chi connectivity index (χ0n) is 12.7. The van der Waals surface area contributed by atoms with Crippen molar-refractivity contribution in [2.75, 3.05) is 25.0 Å². The Balaban J connectivity index is 0.00000176. The van der Waals surface area contributed by atoms with E-state index in [-0.39, 0.29) is 18.3 Å². The Morgan fingerprint density at radius 3 is 2.86 bits per heavy atom. The number of carbonyl (C=O) groups excluding carboxylic acids is 1. The van der Waals surface area contributed by atoms with E-state index in [0.717, 1.165) is 30.8 Å². The molecule has 3 rings (SSSR count). The topological polar surface area (TPSA) is 58.4 Å². The standard InChI is InChI=1S/C16H22ClN3O.ClH/c1-10-6-12(17)3-5-15(10)19-16(21)9-20-7-11-2-4-14(18)13(11)8-20;/h3,5-6,11,13-14H,2,4,7-9,18H2,1H3,(H,19,21);1H. The van der Waals surface area contributed by atoms with Gasteiger partial charge in [0, 0.05) is 29.8 Å². The summed E-state index contributed by atoms with van der Waals surface area (Å²) >= 11 is 5.93. The van der Waals surface area contributed by atoms with Gasteiger partial charge in [0.2, 0.25) is 5.91 Å². The lowest BCUT2D eigenvalue weighted by Gasteiger charge is -2.18. The van der Waals surface area contributed by atoms with Gasteiger partial charge in [0.15, 0.2) is 0 Å². The number of nitrogens with one attached hydrogen (secondary N) is 1. The summed E-state index contributed by atoms with van der Waals surface area (Å²) in [6, 6.07) is 5.82. The minimum Gasteiger partial charge on any atom is -0.327 e. The largest absolute Gasteiger partial charge is 0.327 e. The Labute approximate surface area is 142 Å². The lowest BCUT2D eigenvalue weighted by molar-refractivity contribution is -0.117. The zero-order valence-corrected chi connectivity index (χ0v) is 14.3. The lowest BCUT2D eigenvalue weighted by atomic mass is 9.98. The van der Waals surface area contributed by atoms with Crippen LogP contribution in [0.3, 0.4) is 0 Å². The van der Waals surface area contributed by atoms with E-state index in [2.05, 4.69) is 10.2 Å². The number of nitrogens with two attached hydrogens (primary N) is 1. The minimum absolute atomic E-state index is 0. The molecule has 1 saturated heterocycles. The predicted octanol–water partition coefficient (Wildman–Crippen LogP) is 2.68. The van der Waals surface area contributed by atoms with Crippen LogP contribution in [-0.4, -0.2) is 36.5 Å². The number of hydrogen-bond donors (Lipinski definition) is 2. The number of aryl methyl sites for hydroxylation is 1. The third-order valence-corrected chi connectivity index (χ3v) is 5.05. The fourth-order valence-electron chi connectivity index (χ4n) is 3.69. The molecular weight excluding hydrogens is 321 g/mol. The third kappa shape index (κ3) is 3.74. The Kier molecular flexibility index (Phi) is 5.72. The molecule has 1 aliphatic carbocycles. The van der Waals surface area contributed by atoms with E-state index in [1.54, 1.807) is 6.07 Å². The number of anilines is 1. The molecular formula is C16H23Cl2N3O. The van der Waals surface area contributed by atoms with Crippen LogP contribution in [0, 0.1) is 18.8 Å². The molecule has 122 valence electrons. The molecule has 1 aromatic carbocycles. The van der Waals surface area contributed by atoms with Crippen LogP contribution in [-0.2, 0) is 4.79 Å². The van der Waals surface area contributed by atoms with Crippen molar-refractivity contribution >= 4 is 35.6 Å². The van der Waals surface area contributed by atoms with E-state index in [1.165, 1.54) is 6.42 Å². The van der Waals surface area contributed by atoms with Gasteiger partial charge in [0.1, 0.15) is 0 Å². The van der Waals surface area contributed by atoms with Crippen LogP contribution < -0.4 is 11.1 Å². The Bertz CT molecular complexity index is 552. The first-order valence-electron chi connectivity index (χ1n) is 7.57. The van der Waals surface area contributed by atoms with Crippen molar-refractivity contribution in [3.63, 3.8) is 0 Å². The molecule has 2 aliphatic rings. The number of carbonyl (C=O) groups is 1. The summed E-state index contributed by atoms with van der Waals surface area (Å²) in [7, 11) is 0. The Morgan fingerprint density at radius 1 is 1.41 bits per heavy atom. The van der Waals surface area contributed by atoms with Gasteiger partial charge in [0.25, 0.3) is 0 Å². The van der Waals surface area contributed by atoms with E-state index in [0.29, 0.717) is 29.4 Å². The molecule has 6 heteroatoms. The van der Waals surface area contributed by atoms with Gasteiger partial charge in [-0.05, 0) is 55.4 Å². The molecule has 1 aliphatic heterocycles. The van der Waals surface area contributed by atoms with Crippen molar-refractivity contribution in [3.05, 3.63) is 28.8 Å². The number of rotatable bonds is 3. The molecule has 4 nitrogen and oxygen atoms in total. The molecule has 3 unspecified atom stereocenters. The van der Waals surface area contributed by atoms with Crippen LogP contribution in [0.5, 0.6) is 0 Å². The van der Waals surface area contributed by atoms with Crippen LogP contribution in [0.2, 0.25) is 5.02 Å². The Morgan fingerprint density at radius 2 is 2.18 bits per heavy atom. The number of likely N-dealkylation sites (tertiary alicyclic amines) is 1. The maximum atomic E-state index is 12.2. The van der Waals surface area contributed by atoms with Crippen LogP contribution in [0.15, 0.2) is 18.2 Å². The summed E-state index contributed by atoms with van der Waals surface area (Å²) in [4.78, 5) is 14.4. The lowest BCUT2D eigenvalue weighted by Crippen LogP contribution is -2.34. The molecule has 0 aromatic heterocycles. The fourth-order valence-corrected chi connectivity index (χ4v) is 3.92. The Hall–Kier alpha value is -0.810. The van der Waals surface area contributed by atoms with Crippen molar-refractivity contribution in [1.82, 2.24) is 4.90 Å². The van der Waals surface area contributed by atoms with Crippen LogP contribution in [0.4, 0.5) is 5.69 Å². The average molecular weight is 344 g/mol. The third-order valence-electron chi connectivity index (χ3n) is 4.82. The van der Waals surface area contributed by atoms with Crippen LogP contribution in [0.25, 0.3) is 0 Å². The second-order valence-electron chi connectivity index (χ2n) is 6.37. The normalized spacial score (nSPS) is 27.3. The van der Waals surface area contributed by atoms with E-state index >= 15 is 0 Å². The first-order chi connectivity index (χ1) is 10.0. The number of benzene rings is 1. The second-order valence-corrected chi connectivity index (χ2v) is 6.80. The molecule has 3 N–H and O–H groups in total. The fraction of sp³-hybridized carbons (Fsp3) is 0.562. The SMILES string of the molecule is Cc1cc(Cl)ccc1NC(=O)CN1CC2CCC(N)C2C1.Cl. The van der Waals surface area contributed by atoms with E-state index in [1.807, 2.05) is 19.1 Å². The second kappa shape index (κ2) is 7.18. The van der Waals surface area contributed by atoms with Gasteiger partial charge in [0.05, 0.1) is 6.54 Å². The van der Waals surface area contributed by atoms with Crippen molar-refractivity contribution in [3.8, 4) is 0 Å². The highest BCUT2D eigenvalue weighted by atomic mass is 35.5. The molecule has 2 fully saturated rings. The number of nitrogens with zero attached hydrogens (tertiary/aromatic N) is 1. The molecule has 1 heterocycles. The highest BCUT2D eigenvalue weighted by molar-refractivity contribution is 6.30. The monoisotopic (exact) mass is 343 g/mol. The van der Waals surface area contributed by atoms with Gasteiger partial charge in [-0.3, -0.25) is 9.69 Å². The quantitative estimate of drug-likeness (QED) is 0.886. The highest BCUT2D eigenvalue weighted by Gasteiger charge is 2.41. The highest BCUT2D eigenvalue weighted by Crippen LogP contribution is 2.36. The van der Waals surface area contributed by atoms with Crippen LogP contribution >= 0.6 is 24.0 Å². The smallest absolute Gasteiger partial charge is 0.238 e. The molecule has 0 spiro atoms. The summed E-state index contributed by atoms with van der Waals surface area (Å²) in [5.41, 5.74) is 7.95. The van der Waals surface area contributed by atoms with Crippen molar-refractivity contribution in [2.45, 2.75) is 25.8 Å². The molecule has 0 bridgehead atoms. The number of fused-ring (bicyclic) bond motifs is 1. The van der Waals surface area contributed by atoms with E-state index in [9.17, 15) is 4.79 Å². The zero-order chi connectivity index (χ0) is 15.0. The van der Waals surface area contributed by atoms with Gasteiger partial charge >= 0.3 is 0 Å².